The smallest absolute Gasteiger partial charge is 0.279 e. The number of carbonyl (C=O) groups excluding carboxylic acids is 1. The van der Waals surface area contributed by atoms with Crippen molar-refractivity contribution in [2.75, 3.05) is 13.7 Å². The molecular formula is C22H28FN5O2S. The number of nitrogens with zero attached hydrogens (tertiary/aromatic N) is 2. The van der Waals surface area contributed by atoms with Crippen LogP contribution in [0.2, 0.25) is 0 Å². The Morgan fingerprint density at radius 3 is 2.90 bits per heavy atom. The zero-order valence-electron chi connectivity index (χ0n) is 17.8. The fourth-order valence-corrected chi connectivity index (χ4v) is 3.05. The van der Waals surface area contributed by atoms with Crippen molar-refractivity contribution >= 4 is 33.5 Å². The number of alkyl halides is 1. The number of hydrogen-bond acceptors (Lipinski definition) is 6. The van der Waals surface area contributed by atoms with Crippen LogP contribution in [0.1, 0.15) is 39.4 Å². The van der Waals surface area contributed by atoms with E-state index in [0.717, 1.165) is 24.6 Å². The monoisotopic (exact) mass is 445 g/mol. The SMILES string of the molecule is CC.COc1cnc(CF)cc1C1=C(C(=O)N=C(N)SC(=N)C#CC2CC2)C=CNC1.[HH]. The Labute approximate surface area is 187 Å². The molecule has 0 aromatic carbocycles. The lowest BCUT2D eigenvalue weighted by Gasteiger charge is -2.18. The highest BCUT2D eigenvalue weighted by atomic mass is 32.2. The number of nitrogens with one attached hydrogen (secondary N) is 2. The molecule has 31 heavy (non-hydrogen) atoms. The molecule has 1 aromatic heterocycles. The number of amidine groups is 1. The van der Waals surface area contributed by atoms with Crippen LogP contribution in [0, 0.1) is 23.2 Å². The standard InChI is InChI=1S/C20H20FN5O2S.C2H6.H2/c1-28-17-11-25-13(9-21)8-15(17)16-10-24-7-6-14(16)19(27)26-20(23)29-18(22)5-4-12-2-3-12;1-2;/h6-8,11-12,22,24H,2-3,9-10H2,1H3,(H2,23,26,27);1-2H3;1H. The second-order valence-corrected chi connectivity index (χ2v) is 7.38. The number of amides is 1. The molecule has 0 spiro atoms. The molecule has 1 fully saturated rings. The Bertz CT molecular complexity index is 994. The van der Waals surface area contributed by atoms with E-state index in [1.807, 2.05) is 13.8 Å². The van der Waals surface area contributed by atoms with Gasteiger partial charge in [0, 0.05) is 25.0 Å². The van der Waals surface area contributed by atoms with Gasteiger partial charge in [-0.2, -0.15) is 4.99 Å². The second kappa shape index (κ2) is 11.9. The molecule has 2 heterocycles. The Morgan fingerprint density at radius 2 is 2.26 bits per heavy atom. The summed E-state index contributed by atoms with van der Waals surface area (Å²) in [6.07, 6.45) is 6.75. The number of hydrogen-bond donors (Lipinski definition) is 3. The average molecular weight is 446 g/mol. The molecule has 0 bridgehead atoms. The van der Waals surface area contributed by atoms with Crippen molar-refractivity contribution in [3.63, 3.8) is 0 Å². The zero-order valence-corrected chi connectivity index (χ0v) is 18.6. The van der Waals surface area contributed by atoms with Crippen LogP contribution < -0.4 is 15.8 Å². The van der Waals surface area contributed by atoms with Crippen molar-refractivity contribution in [2.45, 2.75) is 33.4 Å². The molecule has 1 aromatic rings. The Kier molecular flexibility index (Phi) is 9.28. The minimum atomic E-state index is -0.734. The highest BCUT2D eigenvalue weighted by Gasteiger charge is 2.21. The van der Waals surface area contributed by atoms with Gasteiger partial charge in [-0.3, -0.25) is 15.2 Å². The molecule has 9 heteroatoms. The number of halogens is 1. The number of carbonyl (C=O) groups is 1. The van der Waals surface area contributed by atoms with Gasteiger partial charge in [-0.25, -0.2) is 4.39 Å². The van der Waals surface area contributed by atoms with E-state index in [-0.39, 0.29) is 17.3 Å². The van der Waals surface area contributed by atoms with E-state index in [1.54, 1.807) is 18.3 Å². The van der Waals surface area contributed by atoms with E-state index < -0.39 is 12.6 Å². The molecule has 0 unspecified atom stereocenters. The second-order valence-electron chi connectivity index (χ2n) is 6.35. The van der Waals surface area contributed by atoms with E-state index in [9.17, 15) is 9.18 Å². The number of nitrogens with two attached hydrogens (primary N) is 1. The van der Waals surface area contributed by atoms with Crippen LogP contribution in [-0.2, 0) is 11.5 Å². The van der Waals surface area contributed by atoms with Gasteiger partial charge in [-0.05, 0) is 54.4 Å². The van der Waals surface area contributed by atoms with Gasteiger partial charge in [0.15, 0.2) is 5.17 Å². The summed E-state index contributed by atoms with van der Waals surface area (Å²) in [5.41, 5.74) is 7.51. The fraction of sp³-hybridized carbons (Fsp3) is 0.364. The van der Waals surface area contributed by atoms with Crippen LogP contribution >= 0.6 is 11.8 Å². The molecule has 166 valence electrons. The molecule has 0 radical (unpaired) electrons. The van der Waals surface area contributed by atoms with E-state index in [2.05, 4.69) is 27.1 Å². The molecule has 1 aliphatic heterocycles. The molecular weight excluding hydrogens is 417 g/mol. The lowest BCUT2D eigenvalue weighted by atomic mass is 9.96. The average Bonchev–Trinajstić information content (AvgIpc) is 3.63. The molecule has 1 aliphatic carbocycles. The third-order valence-corrected chi connectivity index (χ3v) is 4.80. The van der Waals surface area contributed by atoms with Gasteiger partial charge < -0.3 is 15.8 Å². The topological polar surface area (TPSA) is 113 Å². The molecule has 1 saturated carbocycles. The van der Waals surface area contributed by atoms with E-state index in [1.165, 1.54) is 13.3 Å². The van der Waals surface area contributed by atoms with Crippen molar-refractivity contribution in [1.82, 2.24) is 10.3 Å². The number of rotatable bonds is 4. The van der Waals surface area contributed by atoms with Crippen molar-refractivity contribution in [3.05, 3.63) is 41.4 Å². The lowest BCUT2D eigenvalue weighted by Crippen LogP contribution is -2.20. The molecule has 2 aliphatic rings. The highest BCUT2D eigenvalue weighted by molar-refractivity contribution is 8.26. The zero-order chi connectivity index (χ0) is 22.8. The summed E-state index contributed by atoms with van der Waals surface area (Å²) in [4.78, 5) is 20.6. The third-order valence-electron chi connectivity index (χ3n) is 4.19. The number of aromatic nitrogens is 1. The lowest BCUT2D eigenvalue weighted by molar-refractivity contribution is -0.114. The summed E-state index contributed by atoms with van der Waals surface area (Å²) in [6.45, 7) is 3.59. The minimum absolute atomic E-state index is 0. The Hall–Kier alpha value is -3.12. The first-order valence-corrected chi connectivity index (χ1v) is 10.7. The van der Waals surface area contributed by atoms with Crippen molar-refractivity contribution < 1.29 is 15.3 Å². The number of dihydropyridines is 1. The maximum Gasteiger partial charge on any atom is 0.279 e. The van der Waals surface area contributed by atoms with Gasteiger partial charge in [0.2, 0.25) is 0 Å². The van der Waals surface area contributed by atoms with E-state index >= 15 is 0 Å². The van der Waals surface area contributed by atoms with E-state index in [0.29, 0.717) is 34.9 Å². The number of pyridine rings is 1. The maximum atomic E-state index is 13.1. The summed E-state index contributed by atoms with van der Waals surface area (Å²) in [5.74, 6) is 5.90. The maximum absolute atomic E-state index is 13.1. The van der Waals surface area contributed by atoms with Crippen LogP contribution in [-0.4, -0.2) is 34.8 Å². The number of aliphatic imine (C=N–C) groups is 1. The van der Waals surface area contributed by atoms with Crippen LogP contribution in [0.5, 0.6) is 5.75 Å². The minimum Gasteiger partial charge on any atom is -0.494 e. The van der Waals surface area contributed by atoms with Crippen LogP contribution in [0.4, 0.5) is 4.39 Å². The quantitative estimate of drug-likeness (QED) is 0.370. The fourth-order valence-electron chi connectivity index (χ4n) is 2.61. The first kappa shape index (κ1) is 24.2. The summed E-state index contributed by atoms with van der Waals surface area (Å²) in [5, 5.41) is 10.8. The van der Waals surface area contributed by atoms with Gasteiger partial charge in [0.1, 0.15) is 17.5 Å². The number of methoxy groups -OCH3 is 1. The molecule has 4 N–H and O–H groups in total. The van der Waals surface area contributed by atoms with Gasteiger partial charge in [-0.15, -0.1) is 0 Å². The van der Waals surface area contributed by atoms with Gasteiger partial charge >= 0.3 is 0 Å². The summed E-state index contributed by atoms with van der Waals surface area (Å²) >= 11 is 0.842. The Balaban J connectivity index is 0.00000166. The predicted molar refractivity (Wildman–Crippen MR) is 126 cm³/mol. The molecule has 7 nitrogen and oxygen atoms in total. The first-order chi connectivity index (χ1) is 15.0. The van der Waals surface area contributed by atoms with E-state index in [4.69, 9.17) is 15.9 Å². The van der Waals surface area contributed by atoms with Gasteiger partial charge in [0.25, 0.3) is 5.91 Å². The molecule has 1 amide bonds. The van der Waals surface area contributed by atoms with Gasteiger partial charge in [-0.1, -0.05) is 19.8 Å². The number of ether oxygens (including phenoxy) is 1. The summed E-state index contributed by atoms with van der Waals surface area (Å²) < 4.78 is 18.4. The van der Waals surface area contributed by atoms with Crippen molar-refractivity contribution in [2.24, 2.45) is 16.6 Å². The van der Waals surface area contributed by atoms with Crippen LogP contribution in [0.25, 0.3) is 5.57 Å². The highest BCUT2D eigenvalue weighted by Crippen LogP contribution is 2.31. The molecule has 0 saturated heterocycles. The van der Waals surface area contributed by atoms with Crippen molar-refractivity contribution in [3.8, 4) is 17.6 Å². The summed E-state index contributed by atoms with van der Waals surface area (Å²) in [7, 11) is 1.48. The van der Waals surface area contributed by atoms with Crippen LogP contribution in [0.3, 0.4) is 0 Å². The number of thioether (sulfide) groups is 1. The largest absolute Gasteiger partial charge is 0.494 e. The van der Waals surface area contributed by atoms with Crippen molar-refractivity contribution in [1.29, 1.82) is 5.41 Å². The predicted octanol–water partition coefficient (Wildman–Crippen LogP) is 3.67. The first-order valence-electron chi connectivity index (χ1n) is 9.90. The van der Waals surface area contributed by atoms with Crippen LogP contribution in [0.15, 0.2) is 35.1 Å². The van der Waals surface area contributed by atoms with Gasteiger partial charge in [0.05, 0.1) is 19.0 Å². The normalized spacial score (nSPS) is 15.2. The molecule has 3 rings (SSSR count). The Morgan fingerprint density at radius 1 is 1.52 bits per heavy atom. The third kappa shape index (κ3) is 6.96. The summed E-state index contributed by atoms with van der Waals surface area (Å²) in [6, 6.07) is 1.55. The molecule has 0 atom stereocenters.